The van der Waals surface area contributed by atoms with E-state index in [-0.39, 0.29) is 7.43 Å². The van der Waals surface area contributed by atoms with Crippen LogP contribution in [0.15, 0.2) is 37.4 Å². The van der Waals surface area contributed by atoms with E-state index in [1.54, 1.807) is 31.2 Å². The highest BCUT2D eigenvalue weighted by Crippen LogP contribution is 1.81. The molecule has 0 spiro atoms. The predicted octanol–water partition coefficient (Wildman–Crippen LogP) is 2.42. The van der Waals surface area contributed by atoms with Gasteiger partial charge < -0.3 is 9.55 Å². The van der Waals surface area contributed by atoms with Crippen molar-refractivity contribution in [2.75, 3.05) is 5.88 Å². The number of imidazole rings is 2. The molecule has 18 heavy (non-hydrogen) atoms. The number of alkyl halides is 1. The van der Waals surface area contributed by atoms with E-state index in [1.807, 2.05) is 10.8 Å². The Morgan fingerprint density at radius 3 is 2.22 bits per heavy atom. The van der Waals surface area contributed by atoms with Crippen molar-refractivity contribution in [3.05, 3.63) is 37.4 Å². The molecule has 0 unspecified atom stereocenters. The minimum absolute atomic E-state index is 0. The molecular weight excluding hydrogens is 248 g/mol. The van der Waals surface area contributed by atoms with Crippen LogP contribution in [0.2, 0.25) is 0 Å². The van der Waals surface area contributed by atoms with E-state index in [2.05, 4.69) is 33.2 Å². The van der Waals surface area contributed by atoms with Crippen LogP contribution in [0.1, 0.15) is 7.43 Å². The first-order valence-electron chi connectivity index (χ1n) is 4.66. The Morgan fingerprint density at radius 2 is 1.94 bits per heavy atom. The molecular formula is C13H17ClN4. The van der Waals surface area contributed by atoms with Gasteiger partial charge in [-0.25, -0.2) is 9.97 Å². The van der Waals surface area contributed by atoms with E-state index in [0.29, 0.717) is 12.4 Å². The second kappa shape index (κ2) is 14.8. The molecule has 2 heterocycles. The molecule has 2 rings (SSSR count). The Hall–Kier alpha value is -2.17. The Bertz CT molecular complexity index is 403. The molecule has 0 saturated heterocycles. The van der Waals surface area contributed by atoms with Crippen LogP contribution in [-0.2, 0) is 6.54 Å². The van der Waals surface area contributed by atoms with Gasteiger partial charge in [0.25, 0.3) is 0 Å². The first-order valence-corrected chi connectivity index (χ1v) is 5.20. The van der Waals surface area contributed by atoms with E-state index in [0.717, 1.165) is 0 Å². The van der Waals surface area contributed by atoms with Gasteiger partial charge in [0.2, 0.25) is 0 Å². The predicted molar refractivity (Wildman–Crippen MR) is 75.9 cm³/mol. The quantitative estimate of drug-likeness (QED) is 0.635. The van der Waals surface area contributed by atoms with Crippen molar-refractivity contribution in [2.24, 2.45) is 0 Å². The van der Waals surface area contributed by atoms with Crippen LogP contribution >= 0.6 is 11.6 Å². The normalized spacial score (nSPS) is 7.06. The van der Waals surface area contributed by atoms with E-state index >= 15 is 0 Å². The van der Waals surface area contributed by atoms with Crippen molar-refractivity contribution < 1.29 is 0 Å². The summed E-state index contributed by atoms with van der Waals surface area (Å²) in [6.07, 6.45) is 20.0. The van der Waals surface area contributed by atoms with Gasteiger partial charge in [0.1, 0.15) is 0 Å². The summed E-state index contributed by atoms with van der Waals surface area (Å²) < 4.78 is 1.83. The molecule has 0 saturated carbocycles. The monoisotopic (exact) mass is 264 g/mol. The number of halogens is 1. The van der Waals surface area contributed by atoms with Crippen molar-refractivity contribution in [3.8, 4) is 24.7 Å². The minimum Gasteiger partial charge on any atom is -0.351 e. The lowest BCUT2D eigenvalue weighted by molar-refractivity contribution is 0.840. The van der Waals surface area contributed by atoms with Crippen LogP contribution < -0.4 is 0 Å². The maximum atomic E-state index is 5.02. The smallest absolute Gasteiger partial charge is 0.0954 e. The van der Waals surface area contributed by atoms with Gasteiger partial charge in [0.15, 0.2) is 0 Å². The number of H-pyrrole nitrogens is 1. The molecule has 0 fully saturated rings. The van der Waals surface area contributed by atoms with Gasteiger partial charge in [-0.1, -0.05) is 19.3 Å². The summed E-state index contributed by atoms with van der Waals surface area (Å²) in [4.78, 5) is 10.2. The first kappa shape index (κ1) is 18.2. The molecule has 0 aliphatic rings. The van der Waals surface area contributed by atoms with Crippen LogP contribution in [0.3, 0.4) is 0 Å². The van der Waals surface area contributed by atoms with Gasteiger partial charge in [-0.2, -0.15) is 0 Å². The number of nitrogens with one attached hydrogen (secondary N) is 1. The fourth-order valence-corrected chi connectivity index (χ4v) is 0.701. The fourth-order valence-electron chi connectivity index (χ4n) is 0.701. The fraction of sp³-hybridized carbons (Fsp3) is 0.231. The minimum atomic E-state index is 0. The summed E-state index contributed by atoms with van der Waals surface area (Å²) in [6, 6.07) is 0. The van der Waals surface area contributed by atoms with Crippen LogP contribution in [0.25, 0.3) is 0 Å². The topological polar surface area (TPSA) is 46.5 Å². The Kier molecular flexibility index (Phi) is 15.0. The molecule has 4 nitrogen and oxygen atoms in total. The van der Waals surface area contributed by atoms with Crippen LogP contribution in [0.4, 0.5) is 0 Å². The summed E-state index contributed by atoms with van der Waals surface area (Å²) in [6.45, 7) is 0.611. The van der Waals surface area contributed by atoms with Crippen molar-refractivity contribution in [1.29, 1.82) is 0 Å². The SMILES string of the molecule is C.C#CCCl.C#CCn1ccnc1.c1c[nH]cn1. The molecule has 2 aromatic rings. The molecule has 96 valence electrons. The third kappa shape index (κ3) is 11.9. The average Bonchev–Trinajstić information content (AvgIpc) is 3.05. The van der Waals surface area contributed by atoms with Gasteiger partial charge in [0.05, 0.1) is 25.1 Å². The molecule has 1 N–H and O–H groups in total. The lowest BCUT2D eigenvalue weighted by atomic mass is 10.6. The highest BCUT2D eigenvalue weighted by molar-refractivity contribution is 6.19. The second-order valence-electron chi connectivity index (χ2n) is 2.54. The zero-order valence-corrected chi connectivity index (χ0v) is 10.0. The lowest BCUT2D eigenvalue weighted by Crippen LogP contribution is -1.88. The Balaban J connectivity index is 0. The number of rotatable bonds is 1. The van der Waals surface area contributed by atoms with Gasteiger partial charge in [0, 0.05) is 24.8 Å². The Morgan fingerprint density at radius 1 is 1.22 bits per heavy atom. The summed E-state index contributed by atoms with van der Waals surface area (Å²) in [5, 5.41) is 0. The molecule has 0 aromatic carbocycles. The lowest BCUT2D eigenvalue weighted by Gasteiger charge is -1.87. The molecule has 5 heteroatoms. The van der Waals surface area contributed by atoms with Gasteiger partial charge >= 0.3 is 0 Å². The summed E-state index contributed by atoms with van der Waals surface area (Å²) >= 11 is 4.95. The number of nitrogens with zero attached hydrogens (tertiary/aromatic N) is 3. The molecule has 0 bridgehead atoms. The van der Waals surface area contributed by atoms with Crippen LogP contribution in [-0.4, -0.2) is 25.4 Å². The van der Waals surface area contributed by atoms with Crippen molar-refractivity contribution in [2.45, 2.75) is 14.0 Å². The summed E-state index contributed by atoms with van der Waals surface area (Å²) in [5.41, 5.74) is 0. The van der Waals surface area contributed by atoms with Gasteiger partial charge in [-0.05, 0) is 0 Å². The molecule has 0 aliphatic heterocycles. The number of hydrogen-bond donors (Lipinski definition) is 1. The zero-order valence-electron chi connectivity index (χ0n) is 9.25. The van der Waals surface area contributed by atoms with E-state index < -0.39 is 0 Å². The number of aromatic amines is 1. The van der Waals surface area contributed by atoms with Crippen molar-refractivity contribution in [1.82, 2.24) is 19.5 Å². The molecule has 2 aromatic heterocycles. The maximum Gasteiger partial charge on any atom is 0.0954 e. The molecule has 0 radical (unpaired) electrons. The summed E-state index contributed by atoms with van der Waals surface area (Å²) in [7, 11) is 0. The standard InChI is InChI=1S/C6H6N2.C3H3Cl.C3H4N2.CH4/c1-2-4-8-5-3-7-6-8;1-2-3-4;1-2-5-3-4-1;/h1,3,5-6H,4H2;1H,3H2;1-3H,(H,4,5);1H4. The second-order valence-corrected chi connectivity index (χ2v) is 2.80. The van der Waals surface area contributed by atoms with E-state index in [9.17, 15) is 0 Å². The number of terminal acetylenes is 2. The zero-order chi connectivity index (χ0) is 12.8. The number of hydrogen-bond acceptors (Lipinski definition) is 2. The largest absolute Gasteiger partial charge is 0.351 e. The maximum absolute atomic E-state index is 5.02. The highest BCUT2D eigenvalue weighted by atomic mass is 35.5. The Labute approximate surface area is 113 Å². The first-order chi connectivity index (χ1) is 8.35. The van der Waals surface area contributed by atoms with Crippen molar-refractivity contribution in [3.63, 3.8) is 0 Å². The average molecular weight is 265 g/mol. The molecule has 0 aliphatic carbocycles. The third-order valence-corrected chi connectivity index (χ3v) is 1.47. The van der Waals surface area contributed by atoms with Gasteiger partial charge in [-0.15, -0.1) is 24.4 Å². The third-order valence-electron chi connectivity index (χ3n) is 1.32. The van der Waals surface area contributed by atoms with E-state index in [1.165, 1.54) is 0 Å². The summed E-state index contributed by atoms with van der Waals surface area (Å²) in [5.74, 6) is 5.01. The van der Waals surface area contributed by atoms with Gasteiger partial charge in [-0.3, -0.25) is 0 Å². The number of aromatic nitrogens is 4. The van der Waals surface area contributed by atoms with Crippen molar-refractivity contribution >= 4 is 11.6 Å². The van der Waals surface area contributed by atoms with Crippen LogP contribution in [0.5, 0.6) is 0 Å². The van der Waals surface area contributed by atoms with Crippen LogP contribution in [0, 0.1) is 24.7 Å². The van der Waals surface area contributed by atoms with E-state index in [4.69, 9.17) is 18.0 Å². The molecule has 0 atom stereocenters. The highest BCUT2D eigenvalue weighted by Gasteiger charge is 1.79. The molecule has 0 amide bonds.